The zero-order chi connectivity index (χ0) is 23.7. The summed E-state index contributed by atoms with van der Waals surface area (Å²) in [4.78, 5) is 2.41. The minimum Gasteiger partial charge on any atom is -0.508 e. The molecule has 8 heteroatoms. The fourth-order valence-corrected chi connectivity index (χ4v) is 5.62. The zero-order valence-electron chi connectivity index (χ0n) is 18.4. The maximum absolute atomic E-state index is 14.6. The Morgan fingerprint density at radius 2 is 1.82 bits per heavy atom. The van der Waals surface area contributed by atoms with Gasteiger partial charge in [0, 0.05) is 25.6 Å². The number of aromatic hydroxyl groups is 2. The molecule has 178 valence electrons. The van der Waals surface area contributed by atoms with E-state index in [1.807, 2.05) is 30.3 Å². The van der Waals surface area contributed by atoms with Crippen LogP contribution in [0.25, 0.3) is 0 Å². The van der Waals surface area contributed by atoms with Gasteiger partial charge in [-0.1, -0.05) is 24.3 Å². The van der Waals surface area contributed by atoms with Crippen LogP contribution in [0.1, 0.15) is 22.5 Å². The van der Waals surface area contributed by atoms with Crippen molar-refractivity contribution < 1.29 is 28.5 Å². The van der Waals surface area contributed by atoms with Gasteiger partial charge in [-0.25, -0.2) is 4.39 Å². The molecule has 5 nitrogen and oxygen atoms in total. The van der Waals surface area contributed by atoms with E-state index in [1.54, 1.807) is 24.3 Å². The molecule has 2 heterocycles. The first-order valence-corrected chi connectivity index (χ1v) is 12.0. The van der Waals surface area contributed by atoms with Gasteiger partial charge in [-0.15, -0.1) is 11.8 Å². The molecule has 0 amide bonds. The van der Waals surface area contributed by atoms with Crippen LogP contribution in [-0.4, -0.2) is 48.0 Å². The van der Waals surface area contributed by atoms with E-state index < -0.39 is 17.7 Å². The van der Waals surface area contributed by atoms with Gasteiger partial charge in [0.25, 0.3) is 0 Å². The predicted molar refractivity (Wildman–Crippen MR) is 126 cm³/mol. The molecule has 5 rings (SSSR count). The van der Waals surface area contributed by atoms with E-state index in [0.717, 1.165) is 36.5 Å². The highest BCUT2D eigenvalue weighted by molar-refractivity contribution is 7.99. The van der Waals surface area contributed by atoms with Crippen molar-refractivity contribution in [1.82, 2.24) is 4.90 Å². The Labute approximate surface area is 200 Å². The fourth-order valence-electron chi connectivity index (χ4n) is 4.31. The molecule has 2 atom stereocenters. The van der Waals surface area contributed by atoms with Gasteiger partial charge in [0.2, 0.25) is 0 Å². The minimum atomic E-state index is -0.713. The van der Waals surface area contributed by atoms with Crippen molar-refractivity contribution in [2.75, 3.05) is 32.9 Å². The van der Waals surface area contributed by atoms with Crippen LogP contribution in [0, 0.1) is 11.7 Å². The van der Waals surface area contributed by atoms with Crippen LogP contribution in [-0.2, 0) is 0 Å². The highest BCUT2D eigenvalue weighted by atomic mass is 32.2. The number of thioether (sulfide) groups is 1. The summed E-state index contributed by atoms with van der Waals surface area (Å²) in [6.07, 6.45) is -0.448. The number of fused-ring (bicyclic) bond motifs is 1. The quantitative estimate of drug-likeness (QED) is 0.462. The van der Waals surface area contributed by atoms with Gasteiger partial charge in [-0.3, -0.25) is 9.29 Å². The first-order chi connectivity index (χ1) is 16.5. The second kappa shape index (κ2) is 9.72. The summed E-state index contributed by atoms with van der Waals surface area (Å²) in [5, 5.41) is 19.5. The molecule has 3 aromatic rings. The molecule has 2 unspecified atom stereocenters. The standard InChI is InChI=1S/C26H25F2NO4S/c27-13-16-14-29(15-16)10-11-32-20-6-4-17(5-7-20)24-25(18-2-1-3-19(30)12-18)34-26-22(33-24)9-8-21(31)23(26)28/h1-9,12,16,24-25,30-31H,10-11,13-15H2. The smallest absolute Gasteiger partial charge is 0.182 e. The van der Waals surface area contributed by atoms with Gasteiger partial charge in [-0.2, -0.15) is 0 Å². The lowest BCUT2D eigenvalue weighted by Gasteiger charge is -2.37. The largest absolute Gasteiger partial charge is 0.508 e. The summed E-state index contributed by atoms with van der Waals surface area (Å²) < 4.78 is 39.3. The second-order valence-electron chi connectivity index (χ2n) is 8.60. The first-order valence-electron chi connectivity index (χ1n) is 11.2. The molecule has 0 spiro atoms. The van der Waals surface area contributed by atoms with Crippen LogP contribution in [0.4, 0.5) is 8.78 Å². The number of halogens is 2. The van der Waals surface area contributed by atoms with Gasteiger partial charge in [0.1, 0.15) is 30.0 Å². The molecule has 0 saturated carbocycles. The Kier molecular flexibility index (Phi) is 6.52. The summed E-state index contributed by atoms with van der Waals surface area (Å²) in [6, 6.07) is 17.2. The molecular formula is C26H25F2NO4S. The van der Waals surface area contributed by atoms with E-state index >= 15 is 0 Å². The highest BCUT2D eigenvalue weighted by Gasteiger charge is 2.36. The minimum absolute atomic E-state index is 0.114. The van der Waals surface area contributed by atoms with Crippen molar-refractivity contribution in [3.05, 3.63) is 77.6 Å². The summed E-state index contributed by atoms with van der Waals surface area (Å²) in [6.45, 7) is 2.59. The van der Waals surface area contributed by atoms with E-state index in [4.69, 9.17) is 9.47 Å². The summed E-state index contributed by atoms with van der Waals surface area (Å²) in [7, 11) is 0. The third kappa shape index (κ3) is 4.65. The van der Waals surface area contributed by atoms with Crippen molar-refractivity contribution >= 4 is 11.8 Å². The monoisotopic (exact) mass is 485 g/mol. The van der Waals surface area contributed by atoms with Crippen LogP contribution in [0.3, 0.4) is 0 Å². The fraction of sp³-hybridized carbons (Fsp3) is 0.308. The molecule has 1 fully saturated rings. The molecule has 0 aromatic heterocycles. The number of rotatable bonds is 7. The Hall–Kier alpha value is -2.97. The molecule has 34 heavy (non-hydrogen) atoms. The van der Waals surface area contributed by atoms with Crippen molar-refractivity contribution in [1.29, 1.82) is 0 Å². The van der Waals surface area contributed by atoms with Crippen molar-refractivity contribution in [2.45, 2.75) is 16.2 Å². The van der Waals surface area contributed by atoms with E-state index in [-0.39, 0.29) is 28.5 Å². The molecular weight excluding hydrogens is 460 g/mol. The molecule has 2 aliphatic rings. The van der Waals surface area contributed by atoms with Crippen molar-refractivity contribution in [2.24, 2.45) is 5.92 Å². The molecule has 0 aliphatic carbocycles. The van der Waals surface area contributed by atoms with E-state index in [2.05, 4.69) is 4.90 Å². The molecule has 3 aromatic carbocycles. The van der Waals surface area contributed by atoms with Crippen LogP contribution in [0.2, 0.25) is 0 Å². The van der Waals surface area contributed by atoms with Gasteiger partial charge >= 0.3 is 0 Å². The van der Waals surface area contributed by atoms with Crippen molar-refractivity contribution in [3.63, 3.8) is 0 Å². The van der Waals surface area contributed by atoms with Crippen LogP contribution in [0.5, 0.6) is 23.0 Å². The number of phenolic OH excluding ortho intramolecular Hbond substituents is 2. The van der Waals surface area contributed by atoms with Crippen LogP contribution < -0.4 is 9.47 Å². The molecule has 0 radical (unpaired) electrons. The lowest BCUT2D eigenvalue weighted by molar-refractivity contribution is 0.0668. The van der Waals surface area contributed by atoms with Gasteiger partial charge in [0.15, 0.2) is 11.6 Å². The average Bonchev–Trinajstić information content (AvgIpc) is 2.83. The Balaban J connectivity index is 1.34. The first kappa shape index (κ1) is 22.8. The lowest BCUT2D eigenvalue weighted by atomic mass is 9.99. The number of alkyl halides is 1. The van der Waals surface area contributed by atoms with Crippen LogP contribution >= 0.6 is 11.8 Å². The number of phenols is 2. The van der Waals surface area contributed by atoms with Gasteiger partial charge < -0.3 is 19.7 Å². The number of hydrogen-bond donors (Lipinski definition) is 2. The molecule has 2 N–H and O–H groups in total. The Morgan fingerprint density at radius 1 is 1.03 bits per heavy atom. The number of benzene rings is 3. The third-order valence-corrected chi connectivity index (χ3v) is 7.54. The Bertz CT molecular complexity index is 1150. The number of nitrogens with zero attached hydrogens (tertiary/aromatic N) is 1. The molecule has 2 aliphatic heterocycles. The number of ether oxygens (including phenoxy) is 2. The zero-order valence-corrected chi connectivity index (χ0v) is 19.2. The van der Waals surface area contributed by atoms with E-state index in [0.29, 0.717) is 12.4 Å². The third-order valence-electron chi connectivity index (χ3n) is 6.15. The SMILES string of the molecule is Oc1cccc(C2Sc3c(ccc(O)c3F)OC2c2ccc(OCCN3CC(CF)C3)cc2)c1. The maximum atomic E-state index is 14.6. The normalized spacial score (nSPS) is 20.3. The second-order valence-corrected chi connectivity index (χ2v) is 9.75. The van der Waals surface area contributed by atoms with E-state index in [9.17, 15) is 19.0 Å². The van der Waals surface area contributed by atoms with Gasteiger partial charge in [0.05, 0.1) is 16.8 Å². The van der Waals surface area contributed by atoms with E-state index in [1.165, 1.54) is 17.8 Å². The summed E-state index contributed by atoms with van der Waals surface area (Å²) in [5.74, 6) is 0.221. The molecule has 1 saturated heterocycles. The predicted octanol–water partition coefficient (Wildman–Crippen LogP) is 5.48. The van der Waals surface area contributed by atoms with Crippen LogP contribution in [0.15, 0.2) is 65.6 Å². The number of hydrogen-bond acceptors (Lipinski definition) is 6. The lowest BCUT2D eigenvalue weighted by Crippen LogP contribution is -2.49. The Morgan fingerprint density at radius 3 is 2.56 bits per heavy atom. The summed E-state index contributed by atoms with van der Waals surface area (Å²) in [5.41, 5.74) is 1.66. The summed E-state index contributed by atoms with van der Waals surface area (Å²) >= 11 is 1.26. The van der Waals surface area contributed by atoms with Crippen molar-refractivity contribution in [3.8, 4) is 23.0 Å². The maximum Gasteiger partial charge on any atom is 0.182 e. The average molecular weight is 486 g/mol. The highest BCUT2D eigenvalue weighted by Crippen LogP contribution is 2.55. The van der Waals surface area contributed by atoms with Gasteiger partial charge in [-0.05, 0) is 47.5 Å². The number of likely N-dealkylation sites (tertiary alicyclic amines) is 1. The molecule has 0 bridgehead atoms. The topological polar surface area (TPSA) is 62.2 Å².